The molecule has 4 aliphatic rings. The van der Waals surface area contributed by atoms with Crippen molar-refractivity contribution < 1.29 is 53.3 Å². The third-order valence-electron chi connectivity index (χ3n) is 17.0. The molecule has 0 bridgehead atoms. The Balaban J connectivity index is 0.716. The largest absolute Gasteiger partial charge is 0.480 e. The quantitative estimate of drug-likeness (QED) is 0.0235. The summed E-state index contributed by atoms with van der Waals surface area (Å²) in [5, 5.41) is 37.9. The molecule has 2 aromatic carbocycles. The number of hydrogen-bond donors (Lipinski definition) is 8. The maximum absolute atomic E-state index is 13.9. The zero-order valence-corrected chi connectivity index (χ0v) is 51.7. The van der Waals surface area contributed by atoms with Gasteiger partial charge in [0.25, 0.3) is 5.91 Å². The van der Waals surface area contributed by atoms with Crippen molar-refractivity contribution in [3.05, 3.63) is 71.8 Å². The van der Waals surface area contributed by atoms with E-state index in [1.807, 2.05) is 12.1 Å². The van der Waals surface area contributed by atoms with Crippen LogP contribution in [0.5, 0.6) is 0 Å². The number of carboxylic acid groups (broad SMARTS) is 2. The van der Waals surface area contributed by atoms with Crippen LogP contribution in [-0.2, 0) is 43.1 Å². The number of benzene rings is 2. The number of unbranched alkanes of at least 4 members (excludes halogenated alkanes) is 16. The lowest BCUT2D eigenvalue weighted by Gasteiger charge is -2.59. The normalized spacial score (nSPS) is 23.9. The predicted molar refractivity (Wildman–Crippen MR) is 324 cm³/mol. The average molecular weight is 1190 g/mol. The summed E-state index contributed by atoms with van der Waals surface area (Å²) in [7, 11) is 1.76. The second-order valence-electron chi connectivity index (χ2n) is 24.3. The second-order valence-corrected chi connectivity index (χ2v) is 28.1. The van der Waals surface area contributed by atoms with E-state index in [1.165, 1.54) is 71.8 Å². The Bertz CT molecular complexity index is 2510. The average Bonchev–Trinajstić information content (AvgIpc) is 2.56. The van der Waals surface area contributed by atoms with E-state index in [0.29, 0.717) is 24.0 Å². The van der Waals surface area contributed by atoms with Gasteiger partial charge in [0.15, 0.2) is 0 Å². The van der Waals surface area contributed by atoms with Gasteiger partial charge in [0, 0.05) is 42.5 Å². The topological polar surface area (TPSA) is 265 Å². The first-order valence-corrected chi connectivity index (χ1v) is 32.0. The summed E-state index contributed by atoms with van der Waals surface area (Å²) in [6, 6.07) is 13.1. The summed E-state index contributed by atoms with van der Waals surface area (Å²) in [5.74, 6) is -4.51. The molecular weight excluding hydrogens is 1100 g/mol. The lowest BCUT2D eigenvalue weighted by molar-refractivity contribution is -0.176. The number of carbonyl (C=O) groups excluding carboxylic acids is 6. The number of amides is 6. The van der Waals surface area contributed by atoms with E-state index in [4.69, 9.17) is 4.74 Å². The lowest BCUT2D eigenvalue weighted by Crippen LogP contribution is -2.84. The van der Waals surface area contributed by atoms with Crippen molar-refractivity contribution in [3.63, 3.8) is 0 Å². The van der Waals surface area contributed by atoms with E-state index in [9.17, 15) is 48.6 Å². The smallest absolute Gasteiger partial charge is 0.327 e. The minimum Gasteiger partial charge on any atom is -0.480 e. The van der Waals surface area contributed by atoms with Gasteiger partial charge in [-0.05, 0) is 91.4 Å². The molecule has 4 heterocycles. The first-order chi connectivity index (χ1) is 39.6. The summed E-state index contributed by atoms with van der Waals surface area (Å²) in [6.45, 7) is 14.1. The molecule has 2 aromatic rings. The fraction of sp³-hybridized carbons (Fsp3) is 0.677. The number of methoxy groups -OCH3 is 1. The predicted octanol–water partition coefficient (Wildman–Crippen LogP) is 7.74. The molecule has 0 aliphatic carbocycles. The highest BCUT2D eigenvalue weighted by atomic mass is 32.2. The van der Waals surface area contributed by atoms with Crippen molar-refractivity contribution >= 4 is 70.9 Å². The van der Waals surface area contributed by atoms with E-state index in [0.717, 1.165) is 96.8 Å². The van der Waals surface area contributed by atoms with Gasteiger partial charge < -0.3 is 56.7 Å². The number of fused-ring (bicyclic) bond motifs is 2. The number of carbonyl (C=O) groups is 8. The van der Waals surface area contributed by atoms with Crippen LogP contribution in [0.4, 0.5) is 0 Å². The van der Waals surface area contributed by atoms with Gasteiger partial charge in [-0.1, -0.05) is 151 Å². The van der Waals surface area contributed by atoms with Crippen molar-refractivity contribution in [1.82, 2.24) is 41.7 Å². The van der Waals surface area contributed by atoms with Gasteiger partial charge >= 0.3 is 11.9 Å². The van der Waals surface area contributed by atoms with Crippen LogP contribution < -0.4 is 31.9 Å². The van der Waals surface area contributed by atoms with E-state index in [-0.39, 0.29) is 24.3 Å². The van der Waals surface area contributed by atoms with Crippen LogP contribution in [0.1, 0.15) is 193 Å². The van der Waals surface area contributed by atoms with E-state index in [1.54, 1.807) is 97.2 Å². The van der Waals surface area contributed by atoms with Crippen LogP contribution in [0, 0.1) is 0 Å². The Labute approximate surface area is 500 Å². The summed E-state index contributed by atoms with van der Waals surface area (Å²) in [6.07, 6.45) is 19.9. The molecule has 9 atom stereocenters. The fourth-order valence-electron chi connectivity index (χ4n) is 12.2. The Morgan fingerprint density at radius 2 is 1.00 bits per heavy atom. The third kappa shape index (κ3) is 17.2. The maximum Gasteiger partial charge on any atom is 0.327 e. The lowest BCUT2D eigenvalue weighted by atomic mass is 9.77. The molecule has 19 nitrogen and oxygen atoms in total. The molecule has 460 valence electrons. The Morgan fingerprint density at radius 1 is 0.578 bits per heavy atom. The van der Waals surface area contributed by atoms with E-state index >= 15 is 0 Å². The number of rotatable bonds is 39. The third-order valence-corrected chi connectivity index (χ3v) is 20.3. The number of thioether (sulfide) groups is 2. The van der Waals surface area contributed by atoms with Crippen LogP contribution in [-0.4, -0.2) is 150 Å². The van der Waals surface area contributed by atoms with Gasteiger partial charge in [-0.15, -0.1) is 23.5 Å². The molecule has 0 radical (unpaired) electrons. The number of nitrogens with zero attached hydrogens (tertiary/aromatic N) is 2. The number of hydrogen-bond acceptors (Lipinski definition) is 13. The first kappa shape index (κ1) is 66.9. The molecule has 4 saturated heterocycles. The van der Waals surface area contributed by atoms with Gasteiger partial charge in [0.05, 0.1) is 6.10 Å². The molecule has 0 spiro atoms. The summed E-state index contributed by atoms with van der Waals surface area (Å²) in [4.78, 5) is 106. The molecule has 0 saturated carbocycles. The second kappa shape index (κ2) is 31.3. The van der Waals surface area contributed by atoms with Gasteiger partial charge in [-0.25, -0.2) is 9.59 Å². The van der Waals surface area contributed by atoms with E-state index in [2.05, 4.69) is 31.9 Å². The molecule has 6 amide bonds. The van der Waals surface area contributed by atoms with Gasteiger partial charge in [-0.3, -0.25) is 28.8 Å². The Kier molecular flexibility index (Phi) is 25.2. The minimum absolute atomic E-state index is 0.117. The Morgan fingerprint density at radius 3 is 1.43 bits per heavy atom. The Hall–Kier alpha value is -5.22. The maximum atomic E-state index is 13.9. The highest BCUT2D eigenvalue weighted by molar-refractivity contribution is 8.02. The molecule has 6 rings (SSSR count). The van der Waals surface area contributed by atoms with Crippen molar-refractivity contribution in [2.24, 2.45) is 0 Å². The van der Waals surface area contributed by atoms with Gasteiger partial charge in [0.2, 0.25) is 29.5 Å². The molecule has 83 heavy (non-hydrogen) atoms. The minimum atomic E-state index is -1.36. The zero-order valence-electron chi connectivity index (χ0n) is 50.1. The van der Waals surface area contributed by atoms with Crippen LogP contribution in [0.3, 0.4) is 0 Å². The SMILES string of the molecule is COC(CNCCCCCCCCCCCC(=O)NC(C(=O)N[C@@H]1C(=O)N2C(C(=O)O)C(C)(C)S[C@H]12)c1ccccc1)CNCCCCCCCCCCCC(=O)NC(C(=O)N[C@]1(C)C(=O)N2C(C(=O)O)C(C)(C)S[C@@]21C)c1ccccc1. The summed E-state index contributed by atoms with van der Waals surface area (Å²) in [5.41, 5.74) is -0.153. The molecule has 4 fully saturated rings. The highest BCUT2D eigenvalue weighted by Gasteiger charge is 2.77. The number of aliphatic carboxylic acids is 2. The standard InChI is InChI=1S/C62H94N8O11S2/c1-59(2)50(56(76)77)69-54(75)49(55(69)82-59)67-52(73)47(42-32-24-22-25-33-42)65-45(71)36-28-18-14-10-8-12-16-20-30-38-63-40-44(81-7)41-64-39-31-21-17-13-9-11-15-19-29-37-46(72)66-48(43-34-26-23-27-35-43)53(74)68-61(5)58(80)70-51(57(78)79)60(3,4)83-62(61,70)6/h22-27,32-35,44,47-51,55,63-64H,8-21,28-31,36-41H2,1-7H3,(H,65,71)(H,66,72)(H,67,73)(H,68,74)(H,76,77)(H,78,79)/t44?,47?,48?,49-,50?,51?,55-,61-,62-/m1/s1. The van der Waals surface area contributed by atoms with E-state index < -0.39 is 91.1 Å². The van der Waals surface area contributed by atoms with Crippen LogP contribution in [0.2, 0.25) is 0 Å². The van der Waals surface area contributed by atoms with Crippen molar-refractivity contribution in [1.29, 1.82) is 0 Å². The first-order valence-electron chi connectivity index (χ1n) is 30.3. The van der Waals surface area contributed by atoms with Crippen molar-refractivity contribution in [3.8, 4) is 0 Å². The molecule has 0 aromatic heterocycles. The molecular formula is C62H94N8O11S2. The van der Waals surface area contributed by atoms with Gasteiger partial charge in [-0.2, -0.15) is 0 Å². The number of nitrogens with one attached hydrogen (secondary N) is 6. The number of carboxylic acids is 2. The van der Waals surface area contributed by atoms with Crippen LogP contribution in [0.15, 0.2) is 60.7 Å². The molecule has 4 aliphatic heterocycles. The molecule has 8 N–H and O–H groups in total. The number of β-lactam (4-membered cyclic amide) rings is 2. The van der Waals surface area contributed by atoms with Crippen LogP contribution in [0.25, 0.3) is 0 Å². The zero-order chi connectivity index (χ0) is 60.4. The monoisotopic (exact) mass is 1190 g/mol. The van der Waals surface area contributed by atoms with Crippen LogP contribution >= 0.6 is 23.5 Å². The molecule has 21 heteroatoms. The van der Waals surface area contributed by atoms with Crippen molar-refractivity contribution in [2.45, 2.75) is 232 Å². The summed E-state index contributed by atoms with van der Waals surface area (Å²) >= 11 is 2.73. The number of ether oxygens (including phenoxy) is 1. The van der Waals surface area contributed by atoms with Gasteiger partial charge in [0.1, 0.15) is 46.0 Å². The fourth-order valence-corrected chi connectivity index (χ4v) is 15.8. The van der Waals surface area contributed by atoms with Crippen molar-refractivity contribution in [2.75, 3.05) is 33.3 Å². The molecule has 5 unspecified atom stereocenters. The summed E-state index contributed by atoms with van der Waals surface area (Å²) < 4.78 is 4.23. The highest BCUT2D eigenvalue weighted by Crippen LogP contribution is 2.62.